The predicted octanol–water partition coefficient (Wildman–Crippen LogP) is 2.85. The maximum atomic E-state index is 11.9. The van der Waals surface area contributed by atoms with Gasteiger partial charge < -0.3 is 14.2 Å². The number of benzene rings is 1. The summed E-state index contributed by atoms with van der Waals surface area (Å²) in [6, 6.07) is 10.4. The number of aromatic nitrogens is 1. The molecule has 0 spiro atoms. The summed E-state index contributed by atoms with van der Waals surface area (Å²) in [5, 5.41) is 4.16. The van der Waals surface area contributed by atoms with Crippen molar-refractivity contribution in [1.82, 2.24) is 15.0 Å². The maximum Gasteiger partial charge on any atom is 0.409 e. The minimum absolute atomic E-state index is 0.0352. The van der Waals surface area contributed by atoms with Crippen molar-refractivity contribution in [2.24, 2.45) is 0 Å². The highest BCUT2D eigenvalue weighted by Gasteiger charge is 2.30. The molecule has 0 radical (unpaired) electrons. The van der Waals surface area contributed by atoms with Crippen LogP contribution in [0.25, 0.3) is 0 Å². The molecular weight excluding hydrogens is 306 g/mol. The van der Waals surface area contributed by atoms with Gasteiger partial charge in [0.15, 0.2) is 0 Å². The molecule has 1 aliphatic rings. The molecule has 1 unspecified atom stereocenters. The molecule has 1 aromatic carbocycles. The molecule has 0 N–H and O–H groups in total. The van der Waals surface area contributed by atoms with Gasteiger partial charge in [0, 0.05) is 32.2 Å². The molecule has 6 heteroatoms. The zero-order chi connectivity index (χ0) is 16.9. The minimum Gasteiger partial charge on any atom is -0.450 e. The quantitative estimate of drug-likeness (QED) is 0.863. The van der Waals surface area contributed by atoms with E-state index in [9.17, 15) is 4.79 Å². The number of carbonyl (C=O) groups is 1. The van der Waals surface area contributed by atoms with E-state index in [2.05, 4.69) is 41.2 Å². The van der Waals surface area contributed by atoms with Gasteiger partial charge in [0.25, 0.3) is 0 Å². The molecule has 3 rings (SSSR count). The molecule has 1 aliphatic heterocycles. The van der Waals surface area contributed by atoms with Gasteiger partial charge in [-0.3, -0.25) is 4.90 Å². The summed E-state index contributed by atoms with van der Waals surface area (Å²) in [5.41, 5.74) is 3.30. The van der Waals surface area contributed by atoms with Gasteiger partial charge in [-0.15, -0.1) is 0 Å². The lowest BCUT2D eigenvalue weighted by molar-refractivity contribution is 0.0705. The highest BCUT2D eigenvalue weighted by atomic mass is 16.6. The lowest BCUT2D eigenvalue weighted by Crippen LogP contribution is -2.50. The van der Waals surface area contributed by atoms with E-state index in [0.717, 1.165) is 18.8 Å². The number of nitrogens with zero attached hydrogens (tertiary/aromatic N) is 3. The third kappa shape index (κ3) is 3.59. The van der Waals surface area contributed by atoms with Crippen LogP contribution in [0.15, 0.2) is 41.1 Å². The van der Waals surface area contributed by atoms with Crippen molar-refractivity contribution in [3.63, 3.8) is 0 Å². The van der Waals surface area contributed by atoms with Gasteiger partial charge in [0.1, 0.15) is 12.0 Å². The van der Waals surface area contributed by atoms with E-state index < -0.39 is 0 Å². The molecule has 2 heterocycles. The van der Waals surface area contributed by atoms with Crippen LogP contribution >= 0.6 is 0 Å². The van der Waals surface area contributed by atoms with E-state index in [0.29, 0.717) is 19.7 Å². The average Bonchev–Trinajstić information content (AvgIpc) is 3.10. The summed E-state index contributed by atoms with van der Waals surface area (Å²) in [6.45, 7) is 7.16. The van der Waals surface area contributed by atoms with Crippen molar-refractivity contribution in [3.8, 4) is 0 Å². The molecule has 6 nitrogen and oxygen atoms in total. The molecule has 0 saturated carbocycles. The van der Waals surface area contributed by atoms with Gasteiger partial charge in [-0.25, -0.2) is 4.79 Å². The molecular formula is C18H23N3O3. The van der Waals surface area contributed by atoms with E-state index in [1.165, 1.54) is 11.1 Å². The number of aryl methyl sites for hydroxylation is 1. The van der Waals surface area contributed by atoms with Gasteiger partial charge in [-0.05, 0) is 19.4 Å². The van der Waals surface area contributed by atoms with Crippen LogP contribution in [-0.4, -0.2) is 53.8 Å². The second-order valence-electron chi connectivity index (χ2n) is 5.96. The Balaban J connectivity index is 1.77. The number of piperazine rings is 1. The SMILES string of the molecule is CCOC(=O)N1CCN(C(c2cccc(C)c2)c2ccon2)CC1. The third-order valence-corrected chi connectivity index (χ3v) is 4.30. The first-order valence-corrected chi connectivity index (χ1v) is 8.31. The second-order valence-corrected chi connectivity index (χ2v) is 5.96. The van der Waals surface area contributed by atoms with E-state index in [-0.39, 0.29) is 12.1 Å². The fraction of sp³-hybridized carbons (Fsp3) is 0.444. The van der Waals surface area contributed by atoms with Crippen molar-refractivity contribution in [2.45, 2.75) is 19.9 Å². The summed E-state index contributed by atoms with van der Waals surface area (Å²) in [4.78, 5) is 16.0. The largest absolute Gasteiger partial charge is 0.450 e. The first-order chi connectivity index (χ1) is 11.7. The zero-order valence-electron chi connectivity index (χ0n) is 14.1. The molecule has 2 aromatic rings. The van der Waals surface area contributed by atoms with Crippen LogP contribution in [0.3, 0.4) is 0 Å². The Morgan fingerprint density at radius 3 is 2.71 bits per heavy atom. The first kappa shape index (κ1) is 16.5. The topological polar surface area (TPSA) is 58.8 Å². The van der Waals surface area contributed by atoms with Crippen LogP contribution in [0.4, 0.5) is 4.79 Å². The zero-order valence-corrected chi connectivity index (χ0v) is 14.1. The number of amides is 1. The Morgan fingerprint density at radius 1 is 1.29 bits per heavy atom. The molecule has 1 fully saturated rings. The first-order valence-electron chi connectivity index (χ1n) is 8.31. The Bertz CT molecular complexity index is 664. The molecule has 1 atom stereocenters. The number of hydrogen-bond donors (Lipinski definition) is 0. The van der Waals surface area contributed by atoms with Crippen molar-refractivity contribution >= 4 is 6.09 Å². The van der Waals surface area contributed by atoms with Gasteiger partial charge in [0.05, 0.1) is 12.6 Å². The fourth-order valence-corrected chi connectivity index (χ4v) is 3.15. The normalized spacial score (nSPS) is 16.8. The minimum atomic E-state index is -0.231. The summed E-state index contributed by atoms with van der Waals surface area (Å²) in [6.07, 6.45) is 1.37. The molecule has 0 bridgehead atoms. The Labute approximate surface area is 142 Å². The highest BCUT2D eigenvalue weighted by molar-refractivity contribution is 5.67. The molecule has 128 valence electrons. The number of rotatable bonds is 4. The number of carbonyl (C=O) groups excluding carboxylic acids is 1. The maximum absolute atomic E-state index is 11.9. The number of hydrogen-bond acceptors (Lipinski definition) is 5. The van der Waals surface area contributed by atoms with E-state index in [1.807, 2.05) is 13.0 Å². The summed E-state index contributed by atoms with van der Waals surface area (Å²) >= 11 is 0. The second kappa shape index (κ2) is 7.49. The van der Waals surface area contributed by atoms with E-state index in [1.54, 1.807) is 11.2 Å². The molecule has 24 heavy (non-hydrogen) atoms. The molecule has 1 saturated heterocycles. The van der Waals surface area contributed by atoms with Crippen LogP contribution in [0.5, 0.6) is 0 Å². The van der Waals surface area contributed by atoms with Crippen LogP contribution in [-0.2, 0) is 4.74 Å². The highest BCUT2D eigenvalue weighted by Crippen LogP contribution is 2.29. The van der Waals surface area contributed by atoms with Crippen molar-refractivity contribution < 1.29 is 14.1 Å². The van der Waals surface area contributed by atoms with Crippen LogP contribution < -0.4 is 0 Å². The molecule has 1 aromatic heterocycles. The van der Waals surface area contributed by atoms with Crippen molar-refractivity contribution in [3.05, 3.63) is 53.4 Å². The van der Waals surface area contributed by atoms with Crippen LogP contribution in [0.2, 0.25) is 0 Å². The average molecular weight is 329 g/mol. The standard InChI is InChI=1S/C18H23N3O3/c1-3-23-18(22)21-10-8-20(9-11-21)17(16-7-12-24-19-16)15-6-4-5-14(2)13-15/h4-7,12-13,17H,3,8-11H2,1-2H3. The van der Waals surface area contributed by atoms with Gasteiger partial charge in [0.2, 0.25) is 0 Å². The Hall–Kier alpha value is -2.34. The lowest BCUT2D eigenvalue weighted by atomic mass is 9.99. The van der Waals surface area contributed by atoms with Gasteiger partial charge in [-0.1, -0.05) is 35.0 Å². The summed E-state index contributed by atoms with van der Waals surface area (Å²) in [5.74, 6) is 0. The Morgan fingerprint density at radius 2 is 2.08 bits per heavy atom. The van der Waals surface area contributed by atoms with E-state index >= 15 is 0 Å². The predicted molar refractivity (Wildman–Crippen MR) is 89.7 cm³/mol. The monoisotopic (exact) mass is 329 g/mol. The van der Waals surface area contributed by atoms with Crippen molar-refractivity contribution in [1.29, 1.82) is 0 Å². The van der Waals surface area contributed by atoms with Crippen LogP contribution in [0, 0.1) is 6.92 Å². The van der Waals surface area contributed by atoms with Gasteiger partial charge in [-0.2, -0.15) is 0 Å². The van der Waals surface area contributed by atoms with Crippen molar-refractivity contribution in [2.75, 3.05) is 32.8 Å². The molecule has 0 aliphatic carbocycles. The fourth-order valence-electron chi connectivity index (χ4n) is 3.15. The molecule has 1 amide bonds. The van der Waals surface area contributed by atoms with E-state index in [4.69, 9.17) is 9.26 Å². The Kier molecular flexibility index (Phi) is 5.15. The number of ether oxygens (including phenoxy) is 1. The third-order valence-electron chi connectivity index (χ3n) is 4.30. The lowest BCUT2D eigenvalue weighted by Gasteiger charge is -2.38. The van der Waals surface area contributed by atoms with Crippen LogP contribution in [0.1, 0.15) is 29.8 Å². The smallest absolute Gasteiger partial charge is 0.409 e. The summed E-state index contributed by atoms with van der Waals surface area (Å²) < 4.78 is 10.2. The van der Waals surface area contributed by atoms with Gasteiger partial charge >= 0.3 is 6.09 Å². The summed E-state index contributed by atoms with van der Waals surface area (Å²) in [7, 11) is 0.